The molecule has 2 rings (SSSR count). The quantitative estimate of drug-likeness (QED) is 0.796. The average Bonchev–Trinajstić information content (AvgIpc) is 2.45. The van der Waals surface area contributed by atoms with Gasteiger partial charge in [0.2, 0.25) is 0 Å². The number of phenolic OH excluding ortho intramolecular Hbond substituents is 1. The number of phenols is 1. The van der Waals surface area contributed by atoms with Crippen LogP contribution in [0.25, 0.3) is 0 Å². The molecule has 1 amide bonds. The SMILES string of the molecule is O=C(NC1(CO)CCCOC1)c1cc(Cl)c(O)c(Cl)c1. The highest BCUT2D eigenvalue weighted by Gasteiger charge is 2.34. The maximum atomic E-state index is 12.2. The van der Waals surface area contributed by atoms with E-state index in [0.717, 1.165) is 6.42 Å². The number of aliphatic hydroxyl groups excluding tert-OH is 1. The van der Waals surface area contributed by atoms with Crippen molar-refractivity contribution in [2.45, 2.75) is 18.4 Å². The number of aliphatic hydroxyl groups is 1. The van der Waals surface area contributed by atoms with Crippen LogP contribution in [0.4, 0.5) is 0 Å². The summed E-state index contributed by atoms with van der Waals surface area (Å²) in [5, 5.41) is 21.7. The Morgan fingerprint density at radius 1 is 1.40 bits per heavy atom. The lowest BCUT2D eigenvalue weighted by atomic mass is 9.93. The van der Waals surface area contributed by atoms with Gasteiger partial charge in [0.15, 0.2) is 5.75 Å². The van der Waals surface area contributed by atoms with Crippen molar-refractivity contribution in [2.24, 2.45) is 0 Å². The van der Waals surface area contributed by atoms with Gasteiger partial charge >= 0.3 is 0 Å². The minimum absolute atomic E-state index is 0.000549. The van der Waals surface area contributed by atoms with Crippen molar-refractivity contribution in [3.05, 3.63) is 27.7 Å². The number of ether oxygens (including phenoxy) is 1. The molecular weight excluding hydrogens is 305 g/mol. The van der Waals surface area contributed by atoms with E-state index in [4.69, 9.17) is 27.9 Å². The molecule has 1 atom stereocenters. The molecule has 0 aliphatic carbocycles. The molecule has 1 saturated heterocycles. The third kappa shape index (κ3) is 3.17. The average molecular weight is 320 g/mol. The Labute approximate surface area is 126 Å². The van der Waals surface area contributed by atoms with Gasteiger partial charge in [-0.15, -0.1) is 0 Å². The van der Waals surface area contributed by atoms with Crippen LogP contribution in [0.1, 0.15) is 23.2 Å². The lowest BCUT2D eigenvalue weighted by Crippen LogP contribution is -2.56. The molecule has 20 heavy (non-hydrogen) atoms. The molecule has 1 aliphatic heterocycles. The molecule has 3 N–H and O–H groups in total. The van der Waals surface area contributed by atoms with E-state index in [1.54, 1.807) is 0 Å². The molecule has 0 saturated carbocycles. The normalized spacial score (nSPS) is 22.6. The van der Waals surface area contributed by atoms with Gasteiger partial charge in [0.05, 0.1) is 28.8 Å². The fourth-order valence-corrected chi connectivity index (χ4v) is 2.61. The van der Waals surface area contributed by atoms with Crippen molar-refractivity contribution >= 4 is 29.1 Å². The topological polar surface area (TPSA) is 78.8 Å². The van der Waals surface area contributed by atoms with Crippen LogP contribution in [-0.4, -0.2) is 41.5 Å². The van der Waals surface area contributed by atoms with Crippen LogP contribution in [0.5, 0.6) is 5.75 Å². The van der Waals surface area contributed by atoms with Gasteiger partial charge in [0, 0.05) is 12.2 Å². The molecule has 0 spiro atoms. The maximum Gasteiger partial charge on any atom is 0.251 e. The number of nitrogens with one attached hydrogen (secondary N) is 1. The second-order valence-corrected chi connectivity index (χ2v) is 5.65. The molecule has 1 fully saturated rings. The fourth-order valence-electron chi connectivity index (χ4n) is 2.12. The Hall–Kier alpha value is -1.01. The van der Waals surface area contributed by atoms with E-state index < -0.39 is 11.4 Å². The van der Waals surface area contributed by atoms with Crippen molar-refractivity contribution in [3.63, 3.8) is 0 Å². The van der Waals surface area contributed by atoms with Crippen LogP contribution in [-0.2, 0) is 4.74 Å². The first-order valence-corrected chi connectivity index (χ1v) is 6.92. The maximum absolute atomic E-state index is 12.2. The van der Waals surface area contributed by atoms with Gasteiger partial charge in [0.25, 0.3) is 5.91 Å². The molecule has 7 heteroatoms. The minimum Gasteiger partial charge on any atom is -0.505 e. The number of carbonyl (C=O) groups is 1. The molecule has 0 radical (unpaired) electrons. The number of amides is 1. The Balaban J connectivity index is 2.19. The number of halogens is 2. The van der Waals surface area contributed by atoms with Gasteiger partial charge in [-0.05, 0) is 25.0 Å². The lowest BCUT2D eigenvalue weighted by molar-refractivity contribution is -0.00538. The van der Waals surface area contributed by atoms with Gasteiger partial charge < -0.3 is 20.3 Å². The van der Waals surface area contributed by atoms with E-state index in [1.165, 1.54) is 12.1 Å². The van der Waals surface area contributed by atoms with Gasteiger partial charge in [-0.25, -0.2) is 0 Å². The summed E-state index contributed by atoms with van der Waals surface area (Å²) in [4.78, 5) is 12.2. The summed E-state index contributed by atoms with van der Waals surface area (Å²) in [5.74, 6) is -0.684. The molecule has 0 aromatic heterocycles. The molecule has 0 bridgehead atoms. The van der Waals surface area contributed by atoms with Crippen LogP contribution >= 0.6 is 23.2 Å². The summed E-state index contributed by atoms with van der Waals surface area (Å²) in [6, 6.07) is 2.65. The van der Waals surface area contributed by atoms with Gasteiger partial charge in [-0.1, -0.05) is 23.2 Å². The highest BCUT2D eigenvalue weighted by atomic mass is 35.5. The summed E-state index contributed by atoms with van der Waals surface area (Å²) >= 11 is 11.6. The summed E-state index contributed by atoms with van der Waals surface area (Å²) in [6.07, 6.45) is 1.40. The van der Waals surface area contributed by atoms with Crippen LogP contribution < -0.4 is 5.32 Å². The van der Waals surface area contributed by atoms with Crippen LogP contribution in [0.2, 0.25) is 10.0 Å². The highest BCUT2D eigenvalue weighted by molar-refractivity contribution is 6.37. The number of rotatable bonds is 3. The summed E-state index contributed by atoms with van der Waals surface area (Å²) in [7, 11) is 0. The largest absolute Gasteiger partial charge is 0.505 e. The first kappa shape index (κ1) is 15.4. The second kappa shape index (κ2) is 6.18. The van der Waals surface area contributed by atoms with Gasteiger partial charge in [-0.3, -0.25) is 4.79 Å². The lowest BCUT2D eigenvalue weighted by Gasteiger charge is -2.36. The number of hydrogen-bond acceptors (Lipinski definition) is 4. The van der Waals surface area contributed by atoms with Gasteiger partial charge in [0.1, 0.15) is 0 Å². The molecule has 1 heterocycles. The Bertz CT molecular complexity index is 492. The standard InChI is InChI=1S/C13H15Cl2NO4/c14-9-4-8(5-10(15)11(9)18)12(19)16-13(6-17)2-1-3-20-7-13/h4-5,17-18H,1-3,6-7H2,(H,16,19). The number of carbonyl (C=O) groups excluding carboxylic acids is 1. The molecular formula is C13H15Cl2NO4. The zero-order chi connectivity index (χ0) is 14.8. The van der Waals surface area contributed by atoms with Crippen LogP contribution in [0, 0.1) is 0 Å². The molecule has 110 valence electrons. The Morgan fingerprint density at radius 2 is 2.05 bits per heavy atom. The van der Waals surface area contributed by atoms with Crippen LogP contribution in [0.15, 0.2) is 12.1 Å². The van der Waals surface area contributed by atoms with Gasteiger partial charge in [-0.2, -0.15) is 0 Å². The molecule has 5 nitrogen and oxygen atoms in total. The van der Waals surface area contributed by atoms with Crippen molar-refractivity contribution in [2.75, 3.05) is 19.8 Å². The predicted molar refractivity (Wildman–Crippen MR) is 75.5 cm³/mol. The third-order valence-corrected chi connectivity index (χ3v) is 3.86. The number of hydrogen-bond donors (Lipinski definition) is 3. The van der Waals surface area contributed by atoms with E-state index in [2.05, 4.69) is 5.32 Å². The Kier molecular flexibility index (Phi) is 4.75. The van der Waals surface area contributed by atoms with E-state index in [9.17, 15) is 15.0 Å². The highest BCUT2D eigenvalue weighted by Crippen LogP contribution is 2.33. The second-order valence-electron chi connectivity index (χ2n) is 4.84. The zero-order valence-corrected chi connectivity index (χ0v) is 12.2. The fraction of sp³-hybridized carbons (Fsp3) is 0.462. The molecule has 1 aliphatic rings. The molecule has 1 aromatic carbocycles. The van der Waals surface area contributed by atoms with Crippen molar-refractivity contribution in [1.82, 2.24) is 5.32 Å². The first-order chi connectivity index (χ1) is 9.47. The molecule has 1 unspecified atom stereocenters. The van der Waals surface area contributed by atoms with E-state index in [0.29, 0.717) is 13.0 Å². The summed E-state index contributed by atoms with van der Waals surface area (Å²) in [6.45, 7) is 0.668. The monoisotopic (exact) mass is 319 g/mol. The van der Waals surface area contributed by atoms with Crippen LogP contribution in [0.3, 0.4) is 0 Å². The minimum atomic E-state index is -0.786. The smallest absolute Gasteiger partial charge is 0.251 e. The molecule has 1 aromatic rings. The first-order valence-electron chi connectivity index (χ1n) is 6.16. The van der Waals surface area contributed by atoms with Crippen molar-refractivity contribution < 1.29 is 19.7 Å². The predicted octanol–water partition coefficient (Wildman–Crippen LogP) is 1.97. The van der Waals surface area contributed by atoms with E-state index in [1.807, 2.05) is 0 Å². The number of aromatic hydroxyl groups is 1. The van der Waals surface area contributed by atoms with Crippen molar-refractivity contribution in [1.29, 1.82) is 0 Å². The van der Waals surface area contributed by atoms with Crippen molar-refractivity contribution in [3.8, 4) is 5.75 Å². The zero-order valence-electron chi connectivity index (χ0n) is 10.7. The van der Waals surface area contributed by atoms with E-state index >= 15 is 0 Å². The van der Waals surface area contributed by atoms with E-state index in [-0.39, 0.29) is 34.6 Å². The summed E-state index contributed by atoms with van der Waals surface area (Å²) < 4.78 is 5.31. The summed E-state index contributed by atoms with van der Waals surface area (Å²) in [5.41, 5.74) is -0.567. The Morgan fingerprint density at radius 3 is 2.55 bits per heavy atom. The number of benzene rings is 1. The third-order valence-electron chi connectivity index (χ3n) is 3.28.